The molecule has 1 aromatic rings. The lowest BCUT2D eigenvalue weighted by Gasteiger charge is -2.10. The molecule has 0 aliphatic carbocycles. The van der Waals surface area contributed by atoms with Crippen LogP contribution in [-0.4, -0.2) is 17.4 Å². The molecular weight excluding hydrogens is 218 g/mol. The van der Waals surface area contributed by atoms with Crippen LogP contribution < -0.4 is 0 Å². The van der Waals surface area contributed by atoms with E-state index in [0.717, 1.165) is 12.1 Å². The van der Waals surface area contributed by atoms with Crippen LogP contribution >= 0.6 is 0 Å². The fourth-order valence-electron chi connectivity index (χ4n) is 1.33. The largest absolute Gasteiger partial charge is 0.478 e. The molecule has 0 saturated heterocycles. The van der Waals surface area contributed by atoms with Gasteiger partial charge in [0.15, 0.2) is 11.6 Å². The molecule has 0 saturated carbocycles. The van der Waals surface area contributed by atoms with E-state index in [2.05, 4.69) is 0 Å². The van der Waals surface area contributed by atoms with E-state index in [1.807, 2.05) is 0 Å². The van der Waals surface area contributed by atoms with Gasteiger partial charge in [0.05, 0.1) is 5.56 Å². The SMILES string of the molecule is CC(CC=O)c1cc(F)c(F)c(C(=O)O)c1. The Kier molecular flexibility index (Phi) is 3.71. The number of carbonyl (C=O) groups excluding carboxylic acids is 1. The molecule has 0 aliphatic heterocycles. The molecule has 0 spiro atoms. The standard InChI is InChI=1S/C11H10F2O3/c1-6(2-3-14)7-4-8(11(15)16)10(13)9(12)5-7/h3-6H,2H2,1H3,(H,15,16). The smallest absolute Gasteiger partial charge is 0.338 e. The fraction of sp³-hybridized carbons (Fsp3) is 0.273. The van der Waals surface area contributed by atoms with Crippen molar-refractivity contribution in [2.75, 3.05) is 0 Å². The van der Waals surface area contributed by atoms with Crippen molar-refractivity contribution >= 4 is 12.3 Å². The molecule has 86 valence electrons. The average Bonchev–Trinajstić information content (AvgIpc) is 2.21. The van der Waals surface area contributed by atoms with E-state index < -0.39 is 23.2 Å². The molecule has 1 rings (SSSR count). The van der Waals surface area contributed by atoms with Gasteiger partial charge < -0.3 is 9.90 Å². The van der Waals surface area contributed by atoms with Crippen LogP contribution in [0.5, 0.6) is 0 Å². The van der Waals surface area contributed by atoms with Crippen LogP contribution in [0, 0.1) is 11.6 Å². The third kappa shape index (κ3) is 2.42. The summed E-state index contributed by atoms with van der Waals surface area (Å²) in [6, 6.07) is 1.96. The predicted octanol–water partition coefficient (Wildman–Crippen LogP) is 2.36. The third-order valence-electron chi connectivity index (χ3n) is 2.30. The van der Waals surface area contributed by atoms with Gasteiger partial charge in [-0.05, 0) is 23.6 Å². The number of hydrogen-bond donors (Lipinski definition) is 1. The zero-order valence-electron chi connectivity index (χ0n) is 8.54. The van der Waals surface area contributed by atoms with Gasteiger partial charge >= 0.3 is 5.97 Å². The number of carbonyl (C=O) groups is 2. The van der Waals surface area contributed by atoms with Gasteiger partial charge in [-0.1, -0.05) is 6.92 Å². The second kappa shape index (κ2) is 4.83. The summed E-state index contributed by atoms with van der Waals surface area (Å²) < 4.78 is 26.1. The molecular formula is C11H10F2O3. The summed E-state index contributed by atoms with van der Waals surface area (Å²) in [6.07, 6.45) is 0.774. The van der Waals surface area contributed by atoms with E-state index in [-0.39, 0.29) is 12.3 Å². The Labute approximate surface area is 90.7 Å². The molecule has 0 aliphatic rings. The summed E-state index contributed by atoms with van der Waals surface area (Å²) in [4.78, 5) is 20.9. The van der Waals surface area contributed by atoms with Crippen molar-refractivity contribution in [1.82, 2.24) is 0 Å². The first kappa shape index (κ1) is 12.3. The van der Waals surface area contributed by atoms with E-state index in [4.69, 9.17) is 5.11 Å². The lowest BCUT2D eigenvalue weighted by atomic mass is 9.96. The fourth-order valence-corrected chi connectivity index (χ4v) is 1.33. The van der Waals surface area contributed by atoms with Gasteiger partial charge in [0.25, 0.3) is 0 Å². The van der Waals surface area contributed by atoms with Crippen LogP contribution in [0.4, 0.5) is 8.78 Å². The lowest BCUT2D eigenvalue weighted by molar-refractivity contribution is -0.108. The highest BCUT2D eigenvalue weighted by atomic mass is 19.2. The molecule has 0 radical (unpaired) electrons. The van der Waals surface area contributed by atoms with Gasteiger partial charge in [-0.15, -0.1) is 0 Å². The third-order valence-corrected chi connectivity index (χ3v) is 2.30. The summed E-state index contributed by atoms with van der Waals surface area (Å²) in [5, 5.41) is 8.65. The molecule has 5 heteroatoms. The van der Waals surface area contributed by atoms with Crippen molar-refractivity contribution in [2.45, 2.75) is 19.3 Å². The van der Waals surface area contributed by atoms with E-state index >= 15 is 0 Å². The van der Waals surface area contributed by atoms with Crippen LogP contribution in [0.2, 0.25) is 0 Å². The van der Waals surface area contributed by atoms with Crippen LogP contribution in [0.3, 0.4) is 0 Å². The Balaban J connectivity index is 3.23. The van der Waals surface area contributed by atoms with E-state index in [1.54, 1.807) is 6.92 Å². The monoisotopic (exact) mass is 228 g/mol. The minimum atomic E-state index is -1.53. The Hall–Kier alpha value is -1.78. The number of aldehydes is 1. The highest BCUT2D eigenvalue weighted by Crippen LogP contribution is 2.23. The molecule has 0 amide bonds. The maximum Gasteiger partial charge on any atom is 0.338 e. The van der Waals surface area contributed by atoms with Crippen molar-refractivity contribution in [3.8, 4) is 0 Å². The van der Waals surface area contributed by atoms with Gasteiger partial charge in [-0.2, -0.15) is 0 Å². The van der Waals surface area contributed by atoms with Crippen molar-refractivity contribution in [3.05, 3.63) is 34.9 Å². The van der Waals surface area contributed by atoms with Crippen LogP contribution in [0.1, 0.15) is 35.2 Å². The normalized spacial score (nSPS) is 12.2. The number of rotatable bonds is 4. The second-order valence-corrected chi connectivity index (χ2v) is 3.47. The minimum Gasteiger partial charge on any atom is -0.478 e. The number of hydrogen-bond acceptors (Lipinski definition) is 2. The van der Waals surface area contributed by atoms with Gasteiger partial charge in [0, 0.05) is 6.42 Å². The molecule has 0 aromatic heterocycles. The molecule has 0 heterocycles. The van der Waals surface area contributed by atoms with E-state index in [0.29, 0.717) is 11.8 Å². The summed E-state index contributed by atoms with van der Waals surface area (Å²) in [7, 11) is 0. The topological polar surface area (TPSA) is 54.4 Å². The minimum absolute atomic E-state index is 0.129. The predicted molar refractivity (Wildman–Crippen MR) is 52.4 cm³/mol. The second-order valence-electron chi connectivity index (χ2n) is 3.47. The average molecular weight is 228 g/mol. The molecule has 1 unspecified atom stereocenters. The molecule has 1 atom stereocenters. The lowest BCUT2D eigenvalue weighted by Crippen LogP contribution is -2.06. The summed E-state index contributed by atoms with van der Waals surface area (Å²) in [5.41, 5.74) is -0.420. The van der Waals surface area contributed by atoms with Crippen molar-refractivity contribution < 1.29 is 23.5 Å². The first-order valence-corrected chi connectivity index (χ1v) is 4.63. The Bertz CT molecular complexity index is 429. The van der Waals surface area contributed by atoms with Crippen molar-refractivity contribution in [2.24, 2.45) is 0 Å². The van der Waals surface area contributed by atoms with Crippen molar-refractivity contribution in [3.63, 3.8) is 0 Å². The number of carboxylic acid groups (broad SMARTS) is 1. The molecule has 3 nitrogen and oxygen atoms in total. The zero-order chi connectivity index (χ0) is 12.3. The Morgan fingerprint density at radius 2 is 2.12 bits per heavy atom. The molecule has 1 N–H and O–H groups in total. The highest BCUT2D eigenvalue weighted by Gasteiger charge is 2.18. The first-order chi connectivity index (χ1) is 7.47. The number of halogens is 2. The molecule has 1 aromatic carbocycles. The summed E-state index contributed by atoms with van der Waals surface area (Å²) in [6.45, 7) is 1.63. The van der Waals surface area contributed by atoms with Gasteiger partial charge in [-0.3, -0.25) is 0 Å². The maximum absolute atomic E-state index is 13.1. The van der Waals surface area contributed by atoms with Crippen molar-refractivity contribution in [1.29, 1.82) is 0 Å². The van der Waals surface area contributed by atoms with Gasteiger partial charge in [0.1, 0.15) is 6.29 Å². The zero-order valence-corrected chi connectivity index (χ0v) is 8.54. The Morgan fingerprint density at radius 1 is 1.50 bits per heavy atom. The number of benzene rings is 1. The summed E-state index contributed by atoms with van der Waals surface area (Å²) >= 11 is 0. The summed E-state index contributed by atoms with van der Waals surface area (Å²) in [5.74, 6) is -4.47. The molecule has 0 bridgehead atoms. The number of aromatic carboxylic acids is 1. The van der Waals surface area contributed by atoms with Crippen LogP contribution in [0.15, 0.2) is 12.1 Å². The van der Waals surface area contributed by atoms with Crippen LogP contribution in [0.25, 0.3) is 0 Å². The Morgan fingerprint density at radius 3 is 2.62 bits per heavy atom. The highest BCUT2D eigenvalue weighted by molar-refractivity contribution is 5.88. The van der Waals surface area contributed by atoms with Gasteiger partial charge in [0.2, 0.25) is 0 Å². The van der Waals surface area contributed by atoms with Crippen LogP contribution in [-0.2, 0) is 4.79 Å². The van der Waals surface area contributed by atoms with E-state index in [1.165, 1.54) is 0 Å². The maximum atomic E-state index is 13.1. The van der Waals surface area contributed by atoms with E-state index in [9.17, 15) is 18.4 Å². The molecule has 0 fully saturated rings. The number of carboxylic acids is 1. The van der Waals surface area contributed by atoms with Gasteiger partial charge in [-0.25, -0.2) is 13.6 Å². The first-order valence-electron chi connectivity index (χ1n) is 4.63. The quantitative estimate of drug-likeness (QED) is 0.805. The molecule has 16 heavy (non-hydrogen) atoms.